The summed E-state index contributed by atoms with van der Waals surface area (Å²) in [5.41, 5.74) is -0.215. The van der Waals surface area contributed by atoms with Crippen LogP contribution in [-0.2, 0) is 0 Å². The number of hydrogen-bond acceptors (Lipinski definition) is 4. The molecule has 0 spiro atoms. The van der Waals surface area contributed by atoms with E-state index >= 15 is 0 Å². The van der Waals surface area contributed by atoms with Gasteiger partial charge in [-0.15, -0.1) is 0 Å². The van der Waals surface area contributed by atoms with Gasteiger partial charge in [0, 0.05) is 12.6 Å². The molecule has 5 nitrogen and oxygen atoms in total. The topological polar surface area (TPSA) is 72.8 Å². The molecule has 0 aliphatic heterocycles. The van der Waals surface area contributed by atoms with Crippen molar-refractivity contribution in [1.82, 2.24) is 9.97 Å². The highest BCUT2D eigenvalue weighted by atomic mass is 79.9. The van der Waals surface area contributed by atoms with Crippen LogP contribution in [0.15, 0.2) is 15.6 Å². The average molecular weight is 285 g/mol. The fraction of sp³-hybridized carbons (Fsp3) is 0.500. The van der Waals surface area contributed by atoms with Crippen molar-refractivity contribution in [3.05, 3.63) is 21.2 Å². The fourth-order valence-corrected chi connectivity index (χ4v) is 1.80. The van der Waals surface area contributed by atoms with Crippen molar-refractivity contribution < 1.29 is 0 Å². The summed E-state index contributed by atoms with van der Waals surface area (Å²) in [6, 6.07) is 2.27. The van der Waals surface area contributed by atoms with Crippen molar-refractivity contribution in [3.8, 4) is 6.07 Å². The Morgan fingerprint density at radius 3 is 2.94 bits per heavy atom. The molecule has 16 heavy (non-hydrogen) atoms. The Hall–Kier alpha value is -1.35. The summed E-state index contributed by atoms with van der Waals surface area (Å²) < 4.78 is 0.404. The van der Waals surface area contributed by atoms with E-state index in [0.717, 1.165) is 0 Å². The molecule has 0 aliphatic carbocycles. The number of halogens is 1. The number of aromatic nitrogens is 2. The molecule has 1 aromatic rings. The van der Waals surface area contributed by atoms with E-state index in [1.807, 2.05) is 18.7 Å². The third-order valence-electron chi connectivity index (χ3n) is 2.14. The maximum absolute atomic E-state index is 11.4. The second-order valence-electron chi connectivity index (χ2n) is 3.56. The van der Waals surface area contributed by atoms with Gasteiger partial charge in [-0.25, -0.2) is 4.98 Å². The third-order valence-corrected chi connectivity index (χ3v) is 2.85. The minimum atomic E-state index is -0.215. The predicted octanol–water partition coefficient (Wildman–Crippen LogP) is 1.66. The Balaban J connectivity index is 3.07. The zero-order chi connectivity index (χ0) is 12.1. The van der Waals surface area contributed by atoms with Crippen LogP contribution in [0.25, 0.3) is 0 Å². The number of nitrogens with one attached hydrogen (secondary N) is 1. The van der Waals surface area contributed by atoms with Crippen molar-refractivity contribution >= 4 is 21.7 Å². The van der Waals surface area contributed by atoms with E-state index in [9.17, 15) is 4.79 Å². The van der Waals surface area contributed by atoms with Crippen LogP contribution in [0.4, 0.5) is 5.82 Å². The first-order valence-electron chi connectivity index (χ1n) is 4.94. The van der Waals surface area contributed by atoms with E-state index in [-0.39, 0.29) is 11.6 Å². The van der Waals surface area contributed by atoms with Gasteiger partial charge in [0.1, 0.15) is 4.47 Å². The van der Waals surface area contributed by atoms with Gasteiger partial charge < -0.3 is 9.88 Å². The first-order valence-corrected chi connectivity index (χ1v) is 5.74. The highest BCUT2D eigenvalue weighted by Gasteiger charge is 2.16. The summed E-state index contributed by atoms with van der Waals surface area (Å²) in [6.45, 7) is 4.54. The zero-order valence-corrected chi connectivity index (χ0v) is 10.8. The molecular formula is C10H13BrN4O. The molecule has 0 amide bonds. The molecule has 0 radical (unpaired) electrons. The molecule has 1 N–H and O–H groups in total. The van der Waals surface area contributed by atoms with E-state index in [0.29, 0.717) is 23.3 Å². The standard InChI is InChI=1S/C10H13BrN4O/c1-7(2)15(5-3-4-12)9-8(11)10(16)14-6-13-9/h6-7H,3,5H2,1-2H3,(H,13,14,16). The van der Waals surface area contributed by atoms with Crippen LogP contribution in [0.3, 0.4) is 0 Å². The molecular weight excluding hydrogens is 272 g/mol. The maximum atomic E-state index is 11.4. The lowest BCUT2D eigenvalue weighted by atomic mass is 10.3. The second kappa shape index (κ2) is 5.66. The number of nitriles is 1. The number of hydrogen-bond donors (Lipinski definition) is 1. The Morgan fingerprint density at radius 2 is 2.38 bits per heavy atom. The van der Waals surface area contributed by atoms with Crippen LogP contribution in [0.1, 0.15) is 20.3 Å². The predicted molar refractivity (Wildman–Crippen MR) is 65.3 cm³/mol. The summed E-state index contributed by atoms with van der Waals surface area (Å²) in [4.78, 5) is 19.9. The maximum Gasteiger partial charge on any atom is 0.267 e. The molecule has 0 aromatic carbocycles. The second-order valence-corrected chi connectivity index (χ2v) is 4.36. The van der Waals surface area contributed by atoms with Gasteiger partial charge in [-0.1, -0.05) is 0 Å². The van der Waals surface area contributed by atoms with E-state index in [4.69, 9.17) is 5.26 Å². The van der Waals surface area contributed by atoms with Gasteiger partial charge in [-0.05, 0) is 29.8 Å². The van der Waals surface area contributed by atoms with Gasteiger partial charge in [0.25, 0.3) is 5.56 Å². The van der Waals surface area contributed by atoms with Crippen LogP contribution in [-0.4, -0.2) is 22.6 Å². The van der Waals surface area contributed by atoms with E-state index < -0.39 is 0 Å². The Labute approximate surface area is 102 Å². The molecule has 86 valence electrons. The number of aromatic amines is 1. The molecule has 1 rings (SSSR count). The van der Waals surface area contributed by atoms with Gasteiger partial charge in [-0.2, -0.15) is 5.26 Å². The molecule has 0 atom stereocenters. The minimum Gasteiger partial charge on any atom is -0.352 e. The summed E-state index contributed by atoms with van der Waals surface area (Å²) >= 11 is 3.21. The molecule has 0 fully saturated rings. The van der Waals surface area contributed by atoms with Gasteiger partial charge in [-0.3, -0.25) is 4.79 Å². The van der Waals surface area contributed by atoms with Crippen molar-refractivity contribution in [2.24, 2.45) is 0 Å². The van der Waals surface area contributed by atoms with Crippen LogP contribution in [0, 0.1) is 11.3 Å². The van der Waals surface area contributed by atoms with Crippen LogP contribution in [0.5, 0.6) is 0 Å². The average Bonchev–Trinajstić information content (AvgIpc) is 2.24. The van der Waals surface area contributed by atoms with Crippen LogP contribution in [0.2, 0.25) is 0 Å². The van der Waals surface area contributed by atoms with Gasteiger partial charge in [0.15, 0.2) is 5.82 Å². The molecule has 1 aromatic heterocycles. The van der Waals surface area contributed by atoms with E-state index in [1.54, 1.807) is 0 Å². The molecule has 0 saturated carbocycles. The molecule has 6 heteroatoms. The van der Waals surface area contributed by atoms with Crippen molar-refractivity contribution in [3.63, 3.8) is 0 Å². The van der Waals surface area contributed by atoms with Gasteiger partial charge in [0.05, 0.1) is 18.8 Å². The zero-order valence-electron chi connectivity index (χ0n) is 9.20. The smallest absolute Gasteiger partial charge is 0.267 e. The van der Waals surface area contributed by atoms with Crippen molar-refractivity contribution in [1.29, 1.82) is 5.26 Å². The Morgan fingerprint density at radius 1 is 1.69 bits per heavy atom. The SMILES string of the molecule is CC(C)N(CCC#N)c1nc[nH]c(=O)c1Br. The first-order chi connectivity index (χ1) is 7.57. The minimum absolute atomic E-state index is 0.180. The van der Waals surface area contributed by atoms with E-state index in [1.165, 1.54) is 6.33 Å². The Bertz CT molecular complexity index is 449. The molecule has 0 aliphatic rings. The molecule has 0 unspecified atom stereocenters. The summed E-state index contributed by atoms with van der Waals surface area (Å²) in [6.07, 6.45) is 1.77. The van der Waals surface area contributed by atoms with Crippen LogP contribution < -0.4 is 10.5 Å². The van der Waals surface area contributed by atoms with Crippen molar-refractivity contribution in [2.75, 3.05) is 11.4 Å². The monoisotopic (exact) mass is 284 g/mol. The Kier molecular flexibility index (Phi) is 4.50. The summed E-state index contributed by atoms with van der Waals surface area (Å²) in [7, 11) is 0. The normalized spacial score (nSPS) is 10.2. The van der Waals surface area contributed by atoms with Crippen LogP contribution >= 0.6 is 15.9 Å². The van der Waals surface area contributed by atoms with Gasteiger partial charge >= 0.3 is 0 Å². The fourth-order valence-electron chi connectivity index (χ4n) is 1.35. The first kappa shape index (κ1) is 12.7. The highest BCUT2D eigenvalue weighted by Crippen LogP contribution is 2.21. The van der Waals surface area contributed by atoms with E-state index in [2.05, 4.69) is 32.0 Å². The lowest BCUT2D eigenvalue weighted by molar-refractivity contribution is 0.673. The molecule has 1 heterocycles. The summed E-state index contributed by atoms with van der Waals surface area (Å²) in [5.74, 6) is 0.578. The lowest BCUT2D eigenvalue weighted by Crippen LogP contribution is -2.34. The quantitative estimate of drug-likeness (QED) is 0.913. The highest BCUT2D eigenvalue weighted by molar-refractivity contribution is 9.10. The lowest BCUT2D eigenvalue weighted by Gasteiger charge is -2.27. The van der Waals surface area contributed by atoms with Gasteiger partial charge in [0.2, 0.25) is 0 Å². The largest absolute Gasteiger partial charge is 0.352 e. The number of anilines is 1. The third kappa shape index (κ3) is 2.83. The molecule has 0 saturated heterocycles. The summed E-state index contributed by atoms with van der Waals surface area (Å²) in [5, 5.41) is 8.59. The number of rotatable bonds is 4. The number of nitrogens with zero attached hydrogens (tertiary/aromatic N) is 3. The van der Waals surface area contributed by atoms with Crippen molar-refractivity contribution in [2.45, 2.75) is 26.3 Å². The number of H-pyrrole nitrogens is 1. The molecule has 0 bridgehead atoms.